The fourth-order valence-corrected chi connectivity index (χ4v) is 2.21. The maximum atomic E-state index is 12.0. The third-order valence-electron chi connectivity index (χ3n) is 3.29. The fraction of sp³-hybridized carbons (Fsp3) is 0.462. The van der Waals surface area contributed by atoms with Gasteiger partial charge < -0.3 is 0 Å². The van der Waals surface area contributed by atoms with Crippen molar-refractivity contribution in [3.05, 3.63) is 39.8 Å². The zero-order valence-corrected chi connectivity index (χ0v) is 11.3. The van der Waals surface area contributed by atoms with Gasteiger partial charge in [0.2, 0.25) is 0 Å². The van der Waals surface area contributed by atoms with E-state index in [2.05, 4.69) is 10.2 Å². The van der Waals surface area contributed by atoms with Crippen molar-refractivity contribution in [1.29, 1.82) is 0 Å². The molecule has 0 N–H and O–H groups in total. The number of benzene rings is 1. The van der Waals surface area contributed by atoms with Gasteiger partial charge in [-0.25, -0.2) is 0 Å². The van der Waals surface area contributed by atoms with Gasteiger partial charge in [0.25, 0.3) is 0 Å². The van der Waals surface area contributed by atoms with E-state index in [9.17, 15) is 9.70 Å². The predicted molar refractivity (Wildman–Crippen MR) is 74.2 cm³/mol. The Bertz CT molecular complexity index is 442. The van der Waals surface area contributed by atoms with Gasteiger partial charge in [-0.15, -0.1) is 4.91 Å². The Kier molecular flexibility index (Phi) is 4.87. The van der Waals surface area contributed by atoms with Gasteiger partial charge in [0.15, 0.2) is 5.78 Å². The molecule has 0 radical (unpaired) electrons. The molecule has 19 heavy (non-hydrogen) atoms. The van der Waals surface area contributed by atoms with Crippen LogP contribution in [-0.4, -0.2) is 48.4 Å². The average Bonchev–Trinajstić information content (AvgIpc) is 2.46. The molecule has 1 aliphatic rings. The topological polar surface area (TPSA) is 53.0 Å². The highest BCUT2D eigenvalue weighted by Crippen LogP contribution is 2.12. The first-order valence-electron chi connectivity index (χ1n) is 6.28. The Morgan fingerprint density at radius 3 is 2.37 bits per heavy atom. The van der Waals surface area contributed by atoms with Crippen molar-refractivity contribution >= 4 is 17.4 Å². The summed E-state index contributed by atoms with van der Waals surface area (Å²) in [4.78, 5) is 24.5. The van der Waals surface area contributed by atoms with Gasteiger partial charge in [-0.2, -0.15) is 0 Å². The summed E-state index contributed by atoms with van der Waals surface area (Å²) >= 11 is 5.78. The Hall–Kier alpha value is -1.46. The van der Waals surface area contributed by atoms with Crippen LogP contribution in [0.3, 0.4) is 0 Å². The van der Waals surface area contributed by atoms with Gasteiger partial charge >= 0.3 is 0 Å². The molecular formula is C13H16ClN3O2. The molecule has 102 valence electrons. The van der Waals surface area contributed by atoms with Crippen LogP contribution in [-0.2, 0) is 0 Å². The highest BCUT2D eigenvalue weighted by molar-refractivity contribution is 6.30. The SMILES string of the molecule is O=NN1CCN(CCC(=O)c2ccc(Cl)cc2)CC1. The zero-order valence-electron chi connectivity index (χ0n) is 10.6. The third kappa shape index (κ3) is 4.01. The van der Waals surface area contributed by atoms with E-state index < -0.39 is 0 Å². The van der Waals surface area contributed by atoms with Gasteiger partial charge in [-0.3, -0.25) is 14.7 Å². The molecule has 0 bridgehead atoms. The van der Waals surface area contributed by atoms with E-state index in [0.717, 1.165) is 13.1 Å². The Morgan fingerprint density at radius 2 is 1.79 bits per heavy atom. The summed E-state index contributed by atoms with van der Waals surface area (Å²) < 4.78 is 0. The van der Waals surface area contributed by atoms with Gasteiger partial charge in [0.05, 0.1) is 18.4 Å². The molecule has 1 saturated heterocycles. The van der Waals surface area contributed by atoms with Crippen LogP contribution in [0, 0.1) is 4.91 Å². The Balaban J connectivity index is 1.78. The first kappa shape index (κ1) is 14.0. The molecule has 2 rings (SSSR count). The molecule has 1 aromatic carbocycles. The Morgan fingerprint density at radius 1 is 1.16 bits per heavy atom. The van der Waals surface area contributed by atoms with E-state index in [-0.39, 0.29) is 5.78 Å². The van der Waals surface area contributed by atoms with E-state index in [0.29, 0.717) is 36.6 Å². The lowest BCUT2D eigenvalue weighted by molar-refractivity contribution is 0.0929. The molecule has 0 unspecified atom stereocenters. The molecule has 0 amide bonds. The van der Waals surface area contributed by atoms with Crippen molar-refractivity contribution in [1.82, 2.24) is 9.91 Å². The summed E-state index contributed by atoms with van der Waals surface area (Å²) in [5.74, 6) is 0.118. The number of nitrogens with zero attached hydrogens (tertiary/aromatic N) is 3. The maximum absolute atomic E-state index is 12.0. The van der Waals surface area contributed by atoms with Gasteiger partial charge in [0, 0.05) is 36.6 Å². The van der Waals surface area contributed by atoms with Crippen LogP contribution in [0.5, 0.6) is 0 Å². The van der Waals surface area contributed by atoms with E-state index >= 15 is 0 Å². The molecule has 1 aromatic rings. The van der Waals surface area contributed by atoms with Gasteiger partial charge in [-0.05, 0) is 24.3 Å². The van der Waals surface area contributed by atoms with Crippen molar-refractivity contribution in [2.75, 3.05) is 32.7 Å². The molecule has 5 nitrogen and oxygen atoms in total. The number of halogens is 1. The van der Waals surface area contributed by atoms with Crippen LogP contribution in [0.25, 0.3) is 0 Å². The molecule has 0 aromatic heterocycles. The second-order valence-corrected chi connectivity index (χ2v) is 4.99. The lowest BCUT2D eigenvalue weighted by Gasteiger charge is -2.30. The molecule has 0 atom stereocenters. The maximum Gasteiger partial charge on any atom is 0.164 e. The van der Waals surface area contributed by atoms with E-state index in [4.69, 9.17) is 11.6 Å². The summed E-state index contributed by atoms with van der Waals surface area (Å²) in [7, 11) is 0. The summed E-state index contributed by atoms with van der Waals surface area (Å²) in [6.07, 6.45) is 0.482. The monoisotopic (exact) mass is 281 g/mol. The molecule has 0 aliphatic carbocycles. The van der Waals surface area contributed by atoms with E-state index in [1.54, 1.807) is 24.3 Å². The van der Waals surface area contributed by atoms with Crippen molar-refractivity contribution in [3.63, 3.8) is 0 Å². The minimum absolute atomic E-state index is 0.118. The smallest absolute Gasteiger partial charge is 0.164 e. The third-order valence-corrected chi connectivity index (χ3v) is 3.54. The van der Waals surface area contributed by atoms with Crippen LogP contribution >= 0.6 is 11.6 Å². The predicted octanol–water partition coefficient (Wildman–Crippen LogP) is 2.21. The van der Waals surface area contributed by atoms with E-state index in [1.807, 2.05) is 0 Å². The summed E-state index contributed by atoms with van der Waals surface area (Å²) in [6, 6.07) is 6.95. The van der Waals surface area contributed by atoms with Gasteiger partial charge in [-0.1, -0.05) is 11.6 Å². The highest BCUT2D eigenvalue weighted by Gasteiger charge is 2.17. The normalized spacial score (nSPS) is 16.4. The fourth-order valence-electron chi connectivity index (χ4n) is 2.08. The molecule has 0 saturated carbocycles. The van der Waals surface area contributed by atoms with E-state index in [1.165, 1.54) is 5.01 Å². The number of carbonyl (C=O) groups excluding carboxylic acids is 1. The summed E-state index contributed by atoms with van der Waals surface area (Å²) in [5.41, 5.74) is 0.692. The minimum atomic E-state index is 0.118. The molecule has 1 aliphatic heterocycles. The number of hydrogen-bond acceptors (Lipinski definition) is 4. The largest absolute Gasteiger partial charge is 0.299 e. The molecule has 1 fully saturated rings. The second kappa shape index (κ2) is 6.63. The first-order chi connectivity index (χ1) is 9.19. The zero-order chi connectivity index (χ0) is 13.7. The van der Waals surface area contributed by atoms with Crippen molar-refractivity contribution in [3.8, 4) is 0 Å². The molecular weight excluding hydrogens is 266 g/mol. The number of piperazine rings is 1. The van der Waals surface area contributed by atoms with Crippen LogP contribution in [0.2, 0.25) is 5.02 Å². The highest BCUT2D eigenvalue weighted by atomic mass is 35.5. The number of carbonyl (C=O) groups is 1. The van der Waals surface area contributed by atoms with Crippen LogP contribution < -0.4 is 0 Å². The summed E-state index contributed by atoms with van der Waals surface area (Å²) in [6.45, 7) is 3.55. The van der Waals surface area contributed by atoms with Crippen LogP contribution in [0.15, 0.2) is 29.6 Å². The lowest BCUT2D eigenvalue weighted by Crippen LogP contribution is -2.44. The van der Waals surface area contributed by atoms with Crippen molar-refractivity contribution in [2.24, 2.45) is 5.29 Å². The lowest BCUT2D eigenvalue weighted by atomic mass is 10.1. The molecule has 6 heteroatoms. The second-order valence-electron chi connectivity index (χ2n) is 4.56. The number of rotatable bonds is 5. The van der Waals surface area contributed by atoms with Crippen LogP contribution in [0.4, 0.5) is 0 Å². The minimum Gasteiger partial charge on any atom is -0.299 e. The quantitative estimate of drug-likeness (QED) is 0.613. The number of ketones is 1. The number of nitroso groups, excluding NO2 is 1. The standard InChI is InChI=1S/C13H16ClN3O2/c14-12-3-1-11(2-4-12)13(18)5-6-16-7-9-17(15-19)10-8-16/h1-4H,5-10H2. The number of Topliss-reactive ketones (excluding diaryl/α,β-unsaturated/α-hetero) is 1. The Labute approximate surface area is 117 Å². The summed E-state index contributed by atoms with van der Waals surface area (Å²) in [5, 5.41) is 5.06. The molecule has 0 spiro atoms. The van der Waals surface area contributed by atoms with Crippen molar-refractivity contribution < 1.29 is 4.79 Å². The van der Waals surface area contributed by atoms with Crippen LogP contribution in [0.1, 0.15) is 16.8 Å². The van der Waals surface area contributed by atoms with Crippen molar-refractivity contribution in [2.45, 2.75) is 6.42 Å². The number of hydrogen-bond donors (Lipinski definition) is 0. The average molecular weight is 282 g/mol. The first-order valence-corrected chi connectivity index (χ1v) is 6.66. The van der Waals surface area contributed by atoms with Gasteiger partial charge in [0.1, 0.15) is 0 Å². The molecule has 1 heterocycles.